The third-order valence-corrected chi connectivity index (χ3v) is 2.64. The number of hydrogen-bond acceptors (Lipinski definition) is 3. The van der Waals surface area contributed by atoms with Crippen molar-refractivity contribution in [3.63, 3.8) is 0 Å². The fraction of sp³-hybridized carbons (Fsp3) is 1.00. The molecule has 1 fully saturated rings. The summed E-state index contributed by atoms with van der Waals surface area (Å²) >= 11 is 0. The Morgan fingerprint density at radius 1 is 1.54 bits per heavy atom. The van der Waals surface area contributed by atoms with Gasteiger partial charge in [-0.05, 0) is 25.3 Å². The molecule has 1 aliphatic heterocycles. The number of hydrogen-bond donors (Lipinski definition) is 2. The van der Waals surface area contributed by atoms with E-state index in [4.69, 9.17) is 5.73 Å². The number of nitrogens with zero attached hydrogens (tertiary/aromatic N) is 1. The van der Waals surface area contributed by atoms with Crippen LogP contribution in [-0.2, 0) is 0 Å². The standard InChI is InChI=1S/C10H22N2O/c1-9(2)6-12-5-3-4-10(13,7-11)8-12/h9,13H,3-8,11H2,1-2H3. The lowest BCUT2D eigenvalue weighted by molar-refractivity contribution is -0.0260. The zero-order chi connectivity index (χ0) is 9.90. The highest BCUT2D eigenvalue weighted by Crippen LogP contribution is 2.20. The zero-order valence-corrected chi connectivity index (χ0v) is 8.79. The molecule has 1 heterocycles. The van der Waals surface area contributed by atoms with Crippen molar-refractivity contribution in [2.75, 3.05) is 26.2 Å². The summed E-state index contributed by atoms with van der Waals surface area (Å²) in [5, 5.41) is 10.00. The van der Waals surface area contributed by atoms with Gasteiger partial charge >= 0.3 is 0 Å². The first-order chi connectivity index (χ1) is 6.06. The third kappa shape index (κ3) is 3.25. The highest BCUT2D eigenvalue weighted by atomic mass is 16.3. The maximum absolute atomic E-state index is 10.00. The quantitative estimate of drug-likeness (QED) is 0.672. The monoisotopic (exact) mass is 186 g/mol. The Balaban J connectivity index is 2.42. The van der Waals surface area contributed by atoms with Gasteiger partial charge in [-0.25, -0.2) is 0 Å². The van der Waals surface area contributed by atoms with Crippen LogP contribution in [0, 0.1) is 5.92 Å². The van der Waals surface area contributed by atoms with E-state index in [1.54, 1.807) is 0 Å². The minimum Gasteiger partial charge on any atom is -0.387 e. The molecule has 13 heavy (non-hydrogen) atoms. The first kappa shape index (κ1) is 11.0. The molecule has 0 saturated carbocycles. The zero-order valence-electron chi connectivity index (χ0n) is 8.79. The Kier molecular flexibility index (Phi) is 3.71. The van der Waals surface area contributed by atoms with Gasteiger partial charge in [0.1, 0.15) is 0 Å². The maximum Gasteiger partial charge on any atom is 0.0895 e. The lowest BCUT2D eigenvalue weighted by Gasteiger charge is -2.39. The van der Waals surface area contributed by atoms with E-state index in [0.29, 0.717) is 12.5 Å². The molecule has 1 aliphatic rings. The predicted octanol–water partition coefficient (Wildman–Crippen LogP) is 0.428. The lowest BCUT2D eigenvalue weighted by atomic mass is 9.92. The first-order valence-corrected chi connectivity index (χ1v) is 5.20. The van der Waals surface area contributed by atoms with E-state index in [2.05, 4.69) is 18.7 Å². The summed E-state index contributed by atoms with van der Waals surface area (Å²) < 4.78 is 0. The molecule has 0 aliphatic carbocycles. The Hall–Kier alpha value is -0.120. The number of β-amino-alcohol motifs (C(OH)–C–C–N with tert-alkyl or cyclic N) is 1. The van der Waals surface area contributed by atoms with Gasteiger partial charge in [-0.3, -0.25) is 0 Å². The van der Waals surface area contributed by atoms with E-state index in [1.165, 1.54) is 0 Å². The van der Waals surface area contributed by atoms with Gasteiger partial charge in [-0.15, -0.1) is 0 Å². The average Bonchev–Trinajstić information content (AvgIpc) is 2.03. The van der Waals surface area contributed by atoms with Crippen molar-refractivity contribution >= 4 is 0 Å². The van der Waals surface area contributed by atoms with E-state index in [0.717, 1.165) is 32.5 Å². The summed E-state index contributed by atoms with van der Waals surface area (Å²) in [5.41, 5.74) is 4.94. The molecule has 0 aromatic heterocycles. The van der Waals surface area contributed by atoms with Gasteiger partial charge in [0.25, 0.3) is 0 Å². The van der Waals surface area contributed by atoms with Crippen LogP contribution in [0.2, 0.25) is 0 Å². The number of aliphatic hydroxyl groups is 1. The van der Waals surface area contributed by atoms with Crippen LogP contribution < -0.4 is 5.73 Å². The first-order valence-electron chi connectivity index (χ1n) is 5.20. The molecule has 1 atom stereocenters. The van der Waals surface area contributed by atoms with Gasteiger partial charge in [0.15, 0.2) is 0 Å². The third-order valence-electron chi connectivity index (χ3n) is 2.64. The second-order valence-corrected chi connectivity index (χ2v) is 4.66. The lowest BCUT2D eigenvalue weighted by Crippen LogP contribution is -2.53. The molecule has 0 radical (unpaired) electrons. The molecule has 0 bridgehead atoms. The fourth-order valence-corrected chi connectivity index (χ4v) is 2.04. The van der Waals surface area contributed by atoms with Crippen molar-refractivity contribution in [3.8, 4) is 0 Å². The van der Waals surface area contributed by atoms with Gasteiger partial charge < -0.3 is 15.7 Å². The number of likely N-dealkylation sites (tertiary alicyclic amines) is 1. The molecule has 1 unspecified atom stereocenters. The van der Waals surface area contributed by atoms with Gasteiger partial charge in [0, 0.05) is 19.6 Å². The van der Waals surface area contributed by atoms with E-state index in [9.17, 15) is 5.11 Å². The minimum atomic E-state index is -0.618. The molecule has 78 valence electrons. The second-order valence-electron chi connectivity index (χ2n) is 4.66. The number of piperidine rings is 1. The van der Waals surface area contributed by atoms with Crippen LogP contribution in [0.3, 0.4) is 0 Å². The Bertz CT molecular complexity index is 161. The molecule has 3 nitrogen and oxygen atoms in total. The number of nitrogens with two attached hydrogens (primary N) is 1. The maximum atomic E-state index is 10.00. The van der Waals surface area contributed by atoms with E-state index in [1.807, 2.05) is 0 Å². The Morgan fingerprint density at radius 3 is 2.77 bits per heavy atom. The molecular weight excluding hydrogens is 164 g/mol. The Morgan fingerprint density at radius 2 is 2.23 bits per heavy atom. The highest BCUT2D eigenvalue weighted by molar-refractivity contribution is 4.87. The van der Waals surface area contributed by atoms with Gasteiger partial charge in [-0.2, -0.15) is 0 Å². The van der Waals surface area contributed by atoms with Gasteiger partial charge in [-0.1, -0.05) is 13.8 Å². The van der Waals surface area contributed by atoms with Crippen molar-refractivity contribution in [1.82, 2.24) is 4.90 Å². The van der Waals surface area contributed by atoms with E-state index < -0.39 is 5.60 Å². The van der Waals surface area contributed by atoms with Crippen LogP contribution in [0.25, 0.3) is 0 Å². The summed E-state index contributed by atoms with van der Waals surface area (Å²) in [5.74, 6) is 0.667. The van der Waals surface area contributed by atoms with Gasteiger partial charge in [0.2, 0.25) is 0 Å². The van der Waals surface area contributed by atoms with Crippen molar-refractivity contribution in [2.24, 2.45) is 11.7 Å². The van der Waals surface area contributed by atoms with Gasteiger partial charge in [0.05, 0.1) is 5.60 Å². The molecule has 0 spiro atoms. The van der Waals surface area contributed by atoms with E-state index in [-0.39, 0.29) is 0 Å². The van der Waals surface area contributed by atoms with Crippen molar-refractivity contribution in [1.29, 1.82) is 0 Å². The molecule has 0 aromatic carbocycles. The molecular formula is C10H22N2O. The van der Waals surface area contributed by atoms with Crippen LogP contribution in [-0.4, -0.2) is 41.8 Å². The summed E-state index contributed by atoms with van der Waals surface area (Å²) in [6.45, 7) is 7.73. The smallest absolute Gasteiger partial charge is 0.0895 e. The Labute approximate surface area is 80.9 Å². The normalized spacial score (nSPS) is 31.2. The predicted molar refractivity (Wildman–Crippen MR) is 54.5 cm³/mol. The summed E-state index contributed by atoms with van der Waals surface area (Å²) in [7, 11) is 0. The minimum absolute atomic E-state index is 0.390. The van der Waals surface area contributed by atoms with Crippen molar-refractivity contribution in [2.45, 2.75) is 32.3 Å². The topological polar surface area (TPSA) is 49.5 Å². The fourth-order valence-electron chi connectivity index (χ4n) is 2.04. The summed E-state index contributed by atoms with van der Waals surface area (Å²) in [6.07, 6.45) is 1.93. The van der Waals surface area contributed by atoms with Crippen LogP contribution in [0.1, 0.15) is 26.7 Å². The molecule has 3 N–H and O–H groups in total. The molecule has 1 rings (SSSR count). The van der Waals surface area contributed by atoms with Crippen molar-refractivity contribution < 1.29 is 5.11 Å². The average molecular weight is 186 g/mol. The summed E-state index contributed by atoms with van der Waals surface area (Å²) in [4.78, 5) is 2.32. The largest absolute Gasteiger partial charge is 0.387 e. The summed E-state index contributed by atoms with van der Waals surface area (Å²) in [6, 6.07) is 0. The number of rotatable bonds is 3. The van der Waals surface area contributed by atoms with Crippen LogP contribution in [0.5, 0.6) is 0 Å². The van der Waals surface area contributed by atoms with E-state index >= 15 is 0 Å². The van der Waals surface area contributed by atoms with Crippen molar-refractivity contribution in [3.05, 3.63) is 0 Å². The van der Waals surface area contributed by atoms with Crippen LogP contribution >= 0.6 is 0 Å². The SMILES string of the molecule is CC(C)CN1CCCC(O)(CN)C1. The molecule has 0 amide bonds. The van der Waals surface area contributed by atoms with Crippen LogP contribution in [0.4, 0.5) is 0 Å². The highest BCUT2D eigenvalue weighted by Gasteiger charge is 2.31. The molecule has 0 aromatic rings. The molecule has 3 heteroatoms. The molecule has 1 saturated heterocycles. The second kappa shape index (κ2) is 4.40. The van der Waals surface area contributed by atoms with Crippen LogP contribution in [0.15, 0.2) is 0 Å².